The number of hydrogen-bond acceptors (Lipinski definition) is 3. The Bertz CT molecular complexity index is 628. The first-order valence-corrected chi connectivity index (χ1v) is 10.1. The van der Waals surface area contributed by atoms with Gasteiger partial charge in [0.2, 0.25) is 0 Å². The third-order valence-electron chi connectivity index (χ3n) is 6.92. The van der Waals surface area contributed by atoms with Gasteiger partial charge in [-0.3, -0.25) is 4.98 Å². The van der Waals surface area contributed by atoms with Crippen LogP contribution in [0.25, 0.3) is 6.08 Å². The van der Waals surface area contributed by atoms with E-state index in [0.717, 1.165) is 36.1 Å². The molecule has 1 aliphatic heterocycles. The van der Waals surface area contributed by atoms with E-state index in [1.165, 1.54) is 25.7 Å². The predicted molar refractivity (Wildman–Crippen MR) is 99.7 cm³/mol. The van der Waals surface area contributed by atoms with Gasteiger partial charge in [-0.15, -0.1) is 0 Å². The van der Waals surface area contributed by atoms with Crippen LogP contribution in [0.5, 0.6) is 0 Å². The number of aliphatic hydroxyl groups is 1. The van der Waals surface area contributed by atoms with Gasteiger partial charge in [-0.2, -0.15) is 0 Å². The number of ether oxygens (including phenoxy) is 1. The first-order chi connectivity index (χ1) is 12.2. The molecule has 3 heteroatoms. The molecule has 1 aromatic rings. The number of aliphatic hydroxyl groups excluding tert-OH is 1. The lowest BCUT2D eigenvalue weighted by atomic mass is 9.57. The maximum atomic E-state index is 10.4. The summed E-state index contributed by atoms with van der Waals surface area (Å²) in [5, 5.41) is 10.4. The molecule has 25 heavy (non-hydrogen) atoms. The normalized spacial score (nSPS) is 40.8. The molecule has 0 amide bonds. The SMILES string of the molecule is CCc1cccc(/C=C/[C@H]2[C@@H]3CCCC[C@H]3C[C@@H]3[C@H]2[C@@H](C)O[C@H]3O)n1. The molecule has 0 radical (unpaired) electrons. The van der Waals surface area contributed by atoms with Crippen LogP contribution in [-0.4, -0.2) is 22.5 Å². The van der Waals surface area contributed by atoms with E-state index in [2.05, 4.69) is 44.2 Å². The summed E-state index contributed by atoms with van der Waals surface area (Å²) in [5.74, 6) is 2.75. The van der Waals surface area contributed by atoms with Crippen LogP contribution < -0.4 is 0 Å². The Labute approximate surface area is 151 Å². The maximum Gasteiger partial charge on any atom is 0.158 e. The number of hydrogen-bond donors (Lipinski definition) is 1. The van der Waals surface area contributed by atoms with Crippen molar-refractivity contribution < 1.29 is 9.84 Å². The fourth-order valence-corrected chi connectivity index (χ4v) is 5.76. The van der Waals surface area contributed by atoms with E-state index in [1.807, 2.05) is 0 Å². The minimum Gasteiger partial charge on any atom is -0.368 e. The monoisotopic (exact) mass is 341 g/mol. The van der Waals surface area contributed by atoms with Crippen LogP contribution in [0.3, 0.4) is 0 Å². The summed E-state index contributed by atoms with van der Waals surface area (Å²) in [6.07, 6.45) is 11.7. The highest BCUT2D eigenvalue weighted by Gasteiger charge is 2.52. The second kappa shape index (κ2) is 7.20. The van der Waals surface area contributed by atoms with Crippen molar-refractivity contribution in [2.45, 2.75) is 64.8 Å². The van der Waals surface area contributed by atoms with Crippen LogP contribution in [0.1, 0.15) is 57.3 Å². The average Bonchev–Trinajstić information content (AvgIpc) is 2.93. The van der Waals surface area contributed by atoms with Gasteiger partial charge in [0.25, 0.3) is 0 Å². The van der Waals surface area contributed by atoms with Crippen LogP contribution in [-0.2, 0) is 11.2 Å². The second-order valence-electron chi connectivity index (χ2n) is 8.26. The third-order valence-corrected chi connectivity index (χ3v) is 6.92. The molecule has 4 rings (SSSR count). The standard InChI is InChI=1S/C22H31NO2/c1-3-16-8-6-9-17(23-16)11-12-19-18-10-5-4-7-15(18)13-20-21(19)14(2)25-22(20)24/h6,8-9,11-12,14-15,18-22,24H,3-5,7,10,13H2,1-2H3/b12-11+/t14-,15+,18-,19+,20-,21+,22-/m1/s1. The summed E-state index contributed by atoms with van der Waals surface area (Å²) < 4.78 is 5.84. The van der Waals surface area contributed by atoms with Crippen molar-refractivity contribution in [3.8, 4) is 0 Å². The maximum absolute atomic E-state index is 10.4. The zero-order valence-corrected chi connectivity index (χ0v) is 15.5. The van der Waals surface area contributed by atoms with E-state index in [0.29, 0.717) is 17.8 Å². The number of allylic oxidation sites excluding steroid dienone is 1. The Hall–Kier alpha value is -1.19. The molecule has 136 valence electrons. The Balaban J connectivity index is 1.62. The van der Waals surface area contributed by atoms with E-state index in [1.54, 1.807) is 0 Å². The van der Waals surface area contributed by atoms with Crippen LogP contribution in [0, 0.1) is 29.6 Å². The van der Waals surface area contributed by atoms with Gasteiger partial charge in [-0.1, -0.05) is 38.3 Å². The van der Waals surface area contributed by atoms with Crippen LogP contribution >= 0.6 is 0 Å². The van der Waals surface area contributed by atoms with Crippen molar-refractivity contribution in [1.29, 1.82) is 0 Å². The zero-order valence-electron chi connectivity index (χ0n) is 15.5. The van der Waals surface area contributed by atoms with E-state index in [-0.39, 0.29) is 6.10 Å². The van der Waals surface area contributed by atoms with Gasteiger partial charge in [0.15, 0.2) is 6.29 Å². The molecule has 1 N–H and O–H groups in total. The minimum atomic E-state index is -0.569. The molecule has 2 aliphatic carbocycles. The van der Waals surface area contributed by atoms with Crippen molar-refractivity contribution in [1.82, 2.24) is 4.98 Å². The minimum absolute atomic E-state index is 0.146. The number of rotatable bonds is 3. The van der Waals surface area contributed by atoms with Gasteiger partial charge in [0, 0.05) is 11.6 Å². The van der Waals surface area contributed by atoms with Crippen molar-refractivity contribution >= 4 is 6.08 Å². The molecule has 3 fully saturated rings. The van der Waals surface area contributed by atoms with Crippen molar-refractivity contribution in [3.63, 3.8) is 0 Å². The van der Waals surface area contributed by atoms with Gasteiger partial charge < -0.3 is 9.84 Å². The molecular formula is C22H31NO2. The Morgan fingerprint density at radius 3 is 2.92 bits per heavy atom. The summed E-state index contributed by atoms with van der Waals surface area (Å²) in [6.45, 7) is 4.29. The molecule has 0 aromatic carbocycles. The quantitative estimate of drug-likeness (QED) is 0.883. The molecule has 3 aliphatic rings. The predicted octanol–water partition coefficient (Wildman–Crippen LogP) is 4.45. The average molecular weight is 341 g/mol. The summed E-state index contributed by atoms with van der Waals surface area (Å²) in [6, 6.07) is 6.29. The molecule has 1 aromatic heterocycles. The lowest BCUT2D eigenvalue weighted by molar-refractivity contribution is -0.108. The van der Waals surface area contributed by atoms with Crippen LogP contribution in [0.2, 0.25) is 0 Å². The van der Waals surface area contributed by atoms with Crippen LogP contribution in [0.15, 0.2) is 24.3 Å². The van der Waals surface area contributed by atoms with E-state index < -0.39 is 6.29 Å². The smallest absolute Gasteiger partial charge is 0.158 e. The topological polar surface area (TPSA) is 42.4 Å². The second-order valence-corrected chi connectivity index (χ2v) is 8.26. The first-order valence-electron chi connectivity index (χ1n) is 10.1. The van der Waals surface area contributed by atoms with Gasteiger partial charge in [-0.05, 0) is 68.1 Å². The van der Waals surface area contributed by atoms with Crippen molar-refractivity contribution in [3.05, 3.63) is 35.7 Å². The fourth-order valence-electron chi connectivity index (χ4n) is 5.76. The first kappa shape index (κ1) is 17.2. The molecule has 0 unspecified atom stereocenters. The highest BCUT2D eigenvalue weighted by molar-refractivity contribution is 5.45. The number of fused-ring (bicyclic) bond motifs is 2. The largest absolute Gasteiger partial charge is 0.368 e. The van der Waals surface area contributed by atoms with Gasteiger partial charge in [0.05, 0.1) is 11.8 Å². The summed E-state index contributed by atoms with van der Waals surface area (Å²) in [5.41, 5.74) is 2.20. The Morgan fingerprint density at radius 1 is 1.24 bits per heavy atom. The summed E-state index contributed by atoms with van der Waals surface area (Å²) in [7, 11) is 0. The van der Waals surface area contributed by atoms with Gasteiger partial charge >= 0.3 is 0 Å². The Morgan fingerprint density at radius 2 is 2.08 bits per heavy atom. The number of aromatic nitrogens is 1. The highest BCUT2D eigenvalue weighted by atomic mass is 16.6. The molecule has 2 heterocycles. The fraction of sp³-hybridized carbons (Fsp3) is 0.682. The molecular weight excluding hydrogens is 310 g/mol. The summed E-state index contributed by atoms with van der Waals surface area (Å²) in [4.78, 5) is 4.73. The molecule has 7 atom stereocenters. The van der Waals surface area contributed by atoms with E-state index >= 15 is 0 Å². The number of pyridine rings is 1. The molecule has 2 saturated carbocycles. The van der Waals surface area contributed by atoms with Crippen LogP contribution in [0.4, 0.5) is 0 Å². The van der Waals surface area contributed by atoms with Crippen molar-refractivity contribution in [2.24, 2.45) is 29.6 Å². The lowest BCUT2D eigenvalue weighted by Gasteiger charge is -2.47. The number of nitrogens with zero attached hydrogens (tertiary/aromatic N) is 1. The molecule has 0 spiro atoms. The van der Waals surface area contributed by atoms with Crippen molar-refractivity contribution in [2.75, 3.05) is 0 Å². The molecule has 3 nitrogen and oxygen atoms in total. The highest BCUT2D eigenvalue weighted by Crippen LogP contribution is 2.54. The molecule has 1 saturated heterocycles. The Kier molecular flexibility index (Phi) is 4.97. The van der Waals surface area contributed by atoms with E-state index in [4.69, 9.17) is 9.72 Å². The lowest BCUT2D eigenvalue weighted by Crippen LogP contribution is -2.43. The summed E-state index contributed by atoms with van der Waals surface area (Å²) >= 11 is 0. The van der Waals surface area contributed by atoms with Gasteiger partial charge in [0.1, 0.15) is 0 Å². The van der Waals surface area contributed by atoms with Gasteiger partial charge in [-0.25, -0.2) is 0 Å². The molecule has 0 bridgehead atoms. The number of aryl methyl sites for hydroxylation is 1. The van der Waals surface area contributed by atoms with E-state index in [9.17, 15) is 5.11 Å². The zero-order chi connectivity index (χ0) is 17.4. The third kappa shape index (κ3) is 3.29.